The van der Waals surface area contributed by atoms with Crippen LogP contribution in [0, 0.1) is 5.92 Å². The summed E-state index contributed by atoms with van der Waals surface area (Å²) in [6, 6.07) is 5.17. The smallest absolute Gasteiger partial charge is 0.244 e. The van der Waals surface area contributed by atoms with Crippen LogP contribution in [0.4, 0.5) is 0 Å². The normalized spacial score (nSPS) is 18.3. The zero-order valence-corrected chi connectivity index (χ0v) is 16.2. The molecule has 1 heterocycles. The van der Waals surface area contributed by atoms with Gasteiger partial charge in [-0.25, -0.2) is 8.42 Å². The third-order valence-corrected chi connectivity index (χ3v) is 6.83. The zero-order chi connectivity index (χ0) is 15.6. The second kappa shape index (κ2) is 7.08. The summed E-state index contributed by atoms with van der Waals surface area (Å²) in [6.07, 6.45) is 0. The Labute approximate surface area is 143 Å². The second-order valence-electron chi connectivity index (χ2n) is 5.67. The fourth-order valence-electron chi connectivity index (χ4n) is 2.49. The highest BCUT2D eigenvalue weighted by Crippen LogP contribution is 2.28. The molecule has 0 unspecified atom stereocenters. The van der Waals surface area contributed by atoms with Crippen LogP contribution in [0.1, 0.15) is 13.8 Å². The molecule has 21 heavy (non-hydrogen) atoms. The summed E-state index contributed by atoms with van der Waals surface area (Å²) in [6.45, 7) is 8.09. The van der Waals surface area contributed by atoms with E-state index < -0.39 is 10.0 Å². The van der Waals surface area contributed by atoms with Crippen molar-refractivity contribution in [3.63, 3.8) is 0 Å². The van der Waals surface area contributed by atoms with E-state index in [0.29, 0.717) is 28.4 Å². The molecule has 1 aromatic carbocycles. The van der Waals surface area contributed by atoms with Crippen molar-refractivity contribution < 1.29 is 8.42 Å². The summed E-state index contributed by atoms with van der Waals surface area (Å²) in [5.74, 6) is 0.605. The van der Waals surface area contributed by atoms with E-state index in [2.05, 4.69) is 50.6 Å². The van der Waals surface area contributed by atoms with E-state index in [4.69, 9.17) is 0 Å². The van der Waals surface area contributed by atoms with Crippen LogP contribution in [0.15, 0.2) is 32.0 Å². The van der Waals surface area contributed by atoms with Crippen molar-refractivity contribution in [1.29, 1.82) is 0 Å². The summed E-state index contributed by atoms with van der Waals surface area (Å²) in [5.41, 5.74) is 0. The van der Waals surface area contributed by atoms with Gasteiger partial charge in [-0.05, 0) is 40.0 Å². The van der Waals surface area contributed by atoms with Crippen LogP contribution in [-0.4, -0.2) is 50.3 Å². The van der Waals surface area contributed by atoms with Crippen LogP contribution < -0.4 is 0 Å². The van der Waals surface area contributed by atoms with E-state index in [9.17, 15) is 8.42 Å². The van der Waals surface area contributed by atoms with Gasteiger partial charge in [-0.15, -0.1) is 0 Å². The van der Waals surface area contributed by atoms with E-state index in [-0.39, 0.29) is 0 Å². The SMILES string of the molecule is CC(C)CN1CCN(S(=O)(=O)c2ccc(Br)cc2Br)CC1. The molecule has 0 N–H and O–H groups in total. The predicted molar refractivity (Wildman–Crippen MR) is 91.9 cm³/mol. The molecule has 0 aromatic heterocycles. The minimum absolute atomic E-state index is 0.336. The van der Waals surface area contributed by atoms with Crippen molar-refractivity contribution >= 4 is 41.9 Å². The standard InChI is InChI=1S/C14H20Br2N2O2S/c1-11(2)10-17-5-7-18(8-6-17)21(19,20)14-4-3-12(15)9-13(14)16/h3-4,9,11H,5-8,10H2,1-2H3. The van der Waals surface area contributed by atoms with Gasteiger partial charge in [-0.3, -0.25) is 0 Å². The maximum absolute atomic E-state index is 12.7. The van der Waals surface area contributed by atoms with Gasteiger partial charge in [0.1, 0.15) is 0 Å². The first-order valence-corrected chi connectivity index (χ1v) is 10.0. The van der Waals surface area contributed by atoms with E-state index in [1.807, 2.05) is 0 Å². The molecule has 0 aliphatic carbocycles. The van der Waals surface area contributed by atoms with Crippen LogP contribution in [0.25, 0.3) is 0 Å². The van der Waals surface area contributed by atoms with Gasteiger partial charge in [0.25, 0.3) is 0 Å². The molecule has 1 saturated heterocycles. The third kappa shape index (κ3) is 4.28. The number of piperazine rings is 1. The van der Waals surface area contributed by atoms with Gasteiger partial charge in [0.15, 0.2) is 0 Å². The molecule has 2 rings (SSSR count). The molecule has 0 spiro atoms. The van der Waals surface area contributed by atoms with Crippen molar-refractivity contribution in [2.75, 3.05) is 32.7 Å². The van der Waals surface area contributed by atoms with Crippen molar-refractivity contribution in [1.82, 2.24) is 9.21 Å². The van der Waals surface area contributed by atoms with E-state index in [1.54, 1.807) is 22.5 Å². The molecule has 1 aromatic rings. The van der Waals surface area contributed by atoms with Gasteiger partial charge in [-0.2, -0.15) is 4.31 Å². The van der Waals surface area contributed by atoms with Crippen molar-refractivity contribution in [3.8, 4) is 0 Å². The molecule has 7 heteroatoms. The van der Waals surface area contributed by atoms with E-state index in [0.717, 1.165) is 24.1 Å². The van der Waals surface area contributed by atoms with Crippen LogP contribution in [0.5, 0.6) is 0 Å². The lowest BCUT2D eigenvalue weighted by Gasteiger charge is -2.34. The Morgan fingerprint density at radius 1 is 1.14 bits per heavy atom. The molecule has 0 amide bonds. The highest BCUT2D eigenvalue weighted by atomic mass is 79.9. The molecule has 0 atom stereocenters. The van der Waals surface area contributed by atoms with Crippen LogP contribution >= 0.6 is 31.9 Å². The molecule has 4 nitrogen and oxygen atoms in total. The third-order valence-electron chi connectivity index (χ3n) is 3.47. The van der Waals surface area contributed by atoms with Crippen molar-refractivity contribution in [3.05, 3.63) is 27.1 Å². The Hall–Kier alpha value is 0.0500. The summed E-state index contributed by atoms with van der Waals surface area (Å²) in [5, 5.41) is 0. The molecule has 0 saturated carbocycles. The molecule has 0 radical (unpaired) electrons. The Balaban J connectivity index is 2.11. The van der Waals surface area contributed by atoms with Crippen molar-refractivity contribution in [2.24, 2.45) is 5.92 Å². The Morgan fingerprint density at radius 2 is 1.76 bits per heavy atom. The van der Waals surface area contributed by atoms with Gasteiger partial charge in [0, 0.05) is 41.7 Å². The second-order valence-corrected chi connectivity index (χ2v) is 9.35. The van der Waals surface area contributed by atoms with Gasteiger partial charge in [0.2, 0.25) is 10.0 Å². The monoisotopic (exact) mass is 438 g/mol. The topological polar surface area (TPSA) is 40.6 Å². The quantitative estimate of drug-likeness (QED) is 0.723. The zero-order valence-electron chi connectivity index (χ0n) is 12.2. The number of nitrogens with zero attached hydrogens (tertiary/aromatic N) is 2. The Bertz CT molecular complexity index is 597. The maximum Gasteiger partial charge on any atom is 0.244 e. The van der Waals surface area contributed by atoms with Gasteiger partial charge in [0.05, 0.1) is 4.90 Å². The maximum atomic E-state index is 12.7. The van der Waals surface area contributed by atoms with Crippen molar-refractivity contribution in [2.45, 2.75) is 18.7 Å². The van der Waals surface area contributed by atoms with Gasteiger partial charge in [-0.1, -0.05) is 29.8 Å². The lowest BCUT2D eigenvalue weighted by molar-refractivity contribution is 0.172. The summed E-state index contributed by atoms with van der Waals surface area (Å²) < 4.78 is 28.5. The molecule has 1 aliphatic rings. The minimum atomic E-state index is -3.42. The molecular weight excluding hydrogens is 420 g/mol. The Kier molecular flexibility index (Phi) is 5.87. The van der Waals surface area contributed by atoms with E-state index >= 15 is 0 Å². The average molecular weight is 440 g/mol. The lowest BCUT2D eigenvalue weighted by Crippen LogP contribution is -2.49. The number of hydrogen-bond donors (Lipinski definition) is 0. The average Bonchev–Trinajstić information content (AvgIpc) is 2.38. The molecule has 1 fully saturated rings. The minimum Gasteiger partial charge on any atom is -0.300 e. The number of rotatable bonds is 4. The lowest BCUT2D eigenvalue weighted by atomic mass is 10.2. The Morgan fingerprint density at radius 3 is 2.29 bits per heavy atom. The van der Waals surface area contributed by atoms with Crippen LogP contribution in [-0.2, 0) is 10.0 Å². The highest BCUT2D eigenvalue weighted by Gasteiger charge is 2.29. The molecular formula is C14H20Br2N2O2S. The molecule has 0 bridgehead atoms. The number of benzene rings is 1. The highest BCUT2D eigenvalue weighted by molar-refractivity contribution is 9.11. The first-order chi connectivity index (χ1) is 9.80. The predicted octanol–water partition coefficient (Wildman–Crippen LogP) is 3.17. The first kappa shape index (κ1) is 17.4. The van der Waals surface area contributed by atoms with Crippen LogP contribution in [0.2, 0.25) is 0 Å². The van der Waals surface area contributed by atoms with Gasteiger partial charge < -0.3 is 4.90 Å². The first-order valence-electron chi connectivity index (χ1n) is 6.98. The van der Waals surface area contributed by atoms with E-state index in [1.165, 1.54) is 0 Å². The van der Waals surface area contributed by atoms with Gasteiger partial charge >= 0.3 is 0 Å². The summed E-state index contributed by atoms with van der Waals surface area (Å²) in [4.78, 5) is 2.66. The number of hydrogen-bond acceptors (Lipinski definition) is 3. The molecule has 1 aliphatic heterocycles. The fraction of sp³-hybridized carbons (Fsp3) is 0.571. The number of sulfonamides is 1. The fourth-order valence-corrected chi connectivity index (χ4v) is 5.62. The summed E-state index contributed by atoms with van der Waals surface area (Å²) in [7, 11) is -3.42. The molecule has 118 valence electrons. The number of halogens is 2. The van der Waals surface area contributed by atoms with Crippen LogP contribution in [0.3, 0.4) is 0 Å². The largest absolute Gasteiger partial charge is 0.300 e. The summed E-state index contributed by atoms with van der Waals surface area (Å²) >= 11 is 6.69.